The van der Waals surface area contributed by atoms with Crippen molar-refractivity contribution < 1.29 is 0 Å². The molecule has 1 N–H and O–H groups in total. The van der Waals surface area contributed by atoms with E-state index >= 15 is 0 Å². The molecule has 0 aliphatic heterocycles. The molecule has 1 atom stereocenters. The molecule has 0 amide bonds. The van der Waals surface area contributed by atoms with Crippen molar-refractivity contribution in [2.75, 3.05) is 0 Å². The first kappa shape index (κ1) is 17.6. The van der Waals surface area contributed by atoms with Crippen molar-refractivity contribution in [2.45, 2.75) is 58.9 Å². The summed E-state index contributed by atoms with van der Waals surface area (Å²) >= 11 is 0. The van der Waals surface area contributed by atoms with E-state index in [1.165, 1.54) is 29.6 Å². The lowest BCUT2D eigenvalue weighted by molar-refractivity contribution is 0.589. The summed E-state index contributed by atoms with van der Waals surface area (Å²) in [6.07, 6.45) is 12.1. The minimum Gasteiger partial charge on any atom is -0.379 e. The summed E-state index contributed by atoms with van der Waals surface area (Å²) in [6, 6.07) is 0.323. The smallest absolute Gasteiger partial charge is 0.0468 e. The van der Waals surface area contributed by atoms with Gasteiger partial charge in [-0.2, -0.15) is 0 Å². The van der Waals surface area contributed by atoms with Gasteiger partial charge in [0.15, 0.2) is 0 Å². The molecule has 1 saturated carbocycles. The summed E-state index contributed by atoms with van der Waals surface area (Å²) in [7, 11) is 0. The maximum Gasteiger partial charge on any atom is 0.0468 e. The maximum absolute atomic E-state index is 4.25. The first-order valence-electron chi connectivity index (χ1n) is 8.17. The molecular formula is C20H31N. The molecule has 0 aromatic rings. The molecule has 1 unspecified atom stereocenters. The van der Waals surface area contributed by atoms with E-state index in [4.69, 9.17) is 0 Å². The predicted molar refractivity (Wildman–Crippen MR) is 95.2 cm³/mol. The summed E-state index contributed by atoms with van der Waals surface area (Å²) in [5.41, 5.74) is 4.92. The summed E-state index contributed by atoms with van der Waals surface area (Å²) in [6.45, 7) is 18.7. The fourth-order valence-corrected chi connectivity index (χ4v) is 2.44. The molecule has 1 fully saturated rings. The van der Waals surface area contributed by atoms with Gasteiger partial charge < -0.3 is 5.32 Å². The second-order valence-corrected chi connectivity index (χ2v) is 6.00. The molecule has 0 radical (unpaired) electrons. The Morgan fingerprint density at radius 2 is 1.90 bits per heavy atom. The van der Waals surface area contributed by atoms with Crippen molar-refractivity contribution in [1.29, 1.82) is 0 Å². The van der Waals surface area contributed by atoms with Crippen LogP contribution in [-0.4, -0.2) is 6.04 Å². The van der Waals surface area contributed by atoms with Gasteiger partial charge in [0.2, 0.25) is 0 Å². The number of hydrogen-bond acceptors (Lipinski definition) is 1. The van der Waals surface area contributed by atoms with Crippen LogP contribution in [0.4, 0.5) is 0 Å². The van der Waals surface area contributed by atoms with Gasteiger partial charge in [-0.05, 0) is 61.8 Å². The zero-order valence-electron chi connectivity index (χ0n) is 14.0. The van der Waals surface area contributed by atoms with Crippen LogP contribution in [0.5, 0.6) is 0 Å². The van der Waals surface area contributed by atoms with Crippen LogP contribution in [-0.2, 0) is 0 Å². The molecule has 21 heavy (non-hydrogen) atoms. The van der Waals surface area contributed by atoms with E-state index in [0.29, 0.717) is 6.04 Å². The van der Waals surface area contributed by atoms with E-state index in [-0.39, 0.29) is 0 Å². The quantitative estimate of drug-likeness (QED) is 0.401. The van der Waals surface area contributed by atoms with Crippen LogP contribution >= 0.6 is 0 Å². The molecule has 1 aliphatic rings. The Hall–Kier alpha value is -1.50. The van der Waals surface area contributed by atoms with Crippen LogP contribution in [0.1, 0.15) is 52.9 Å². The molecule has 0 heterocycles. The van der Waals surface area contributed by atoms with Crippen molar-refractivity contribution in [3.05, 3.63) is 60.4 Å². The van der Waals surface area contributed by atoms with Crippen LogP contribution in [0.15, 0.2) is 60.4 Å². The van der Waals surface area contributed by atoms with E-state index in [1.54, 1.807) is 0 Å². The van der Waals surface area contributed by atoms with Crippen LogP contribution in [0.25, 0.3) is 0 Å². The third-order valence-corrected chi connectivity index (χ3v) is 4.06. The van der Waals surface area contributed by atoms with Gasteiger partial charge in [0.25, 0.3) is 0 Å². The lowest BCUT2D eigenvalue weighted by atomic mass is 10.00. The molecule has 0 aromatic heterocycles. The fraction of sp³-hybridized carbons (Fsp3) is 0.500. The Kier molecular flexibility index (Phi) is 7.28. The van der Waals surface area contributed by atoms with Crippen LogP contribution in [0.2, 0.25) is 0 Å². The molecule has 1 rings (SSSR count). The first-order valence-corrected chi connectivity index (χ1v) is 8.17. The van der Waals surface area contributed by atoms with Crippen molar-refractivity contribution in [1.82, 2.24) is 5.32 Å². The predicted octanol–water partition coefficient (Wildman–Crippen LogP) is 5.69. The standard InChI is InChI=1S/C20H31N/c1-7-10-20(15(4)5)21-19(9-3)14-13-17(8-2)16(6)18-11-12-18/h9,13-14,18,20-21H,3-4,6-8,10-12H2,1-2,5H3/b17-13+,19-14+. The molecule has 0 spiro atoms. The monoisotopic (exact) mass is 285 g/mol. The van der Waals surface area contributed by atoms with Gasteiger partial charge in [-0.15, -0.1) is 0 Å². The highest BCUT2D eigenvalue weighted by Crippen LogP contribution is 2.39. The Morgan fingerprint density at radius 3 is 2.33 bits per heavy atom. The Bertz CT molecular complexity index is 446. The van der Waals surface area contributed by atoms with E-state index in [9.17, 15) is 0 Å². The second kappa shape index (κ2) is 8.71. The highest BCUT2D eigenvalue weighted by Gasteiger charge is 2.25. The molecule has 1 nitrogen and oxygen atoms in total. The van der Waals surface area contributed by atoms with Gasteiger partial charge in [-0.3, -0.25) is 0 Å². The first-order chi connectivity index (χ1) is 10.0. The average Bonchev–Trinajstić information content (AvgIpc) is 3.29. The minimum absolute atomic E-state index is 0.323. The Balaban J connectivity index is 2.78. The van der Waals surface area contributed by atoms with E-state index in [2.05, 4.69) is 58.0 Å². The fourth-order valence-electron chi connectivity index (χ4n) is 2.44. The maximum atomic E-state index is 4.25. The SMILES string of the molecule is C=C/C(=C\C=C(/CC)C(=C)C1CC1)NC(CCC)C(=C)C. The largest absolute Gasteiger partial charge is 0.379 e. The van der Waals surface area contributed by atoms with Gasteiger partial charge in [0.05, 0.1) is 0 Å². The highest BCUT2D eigenvalue weighted by molar-refractivity contribution is 5.37. The number of allylic oxidation sites excluding steroid dienone is 5. The second-order valence-electron chi connectivity index (χ2n) is 6.00. The summed E-state index contributed by atoms with van der Waals surface area (Å²) in [5, 5.41) is 3.54. The van der Waals surface area contributed by atoms with Crippen LogP contribution in [0, 0.1) is 5.92 Å². The zero-order chi connectivity index (χ0) is 15.8. The molecule has 1 heteroatoms. The number of rotatable bonds is 10. The zero-order valence-corrected chi connectivity index (χ0v) is 14.0. The minimum atomic E-state index is 0.323. The van der Waals surface area contributed by atoms with E-state index < -0.39 is 0 Å². The van der Waals surface area contributed by atoms with E-state index in [0.717, 1.165) is 30.9 Å². The van der Waals surface area contributed by atoms with Crippen molar-refractivity contribution in [3.8, 4) is 0 Å². The topological polar surface area (TPSA) is 12.0 Å². The molecule has 0 aromatic carbocycles. The molecule has 0 bridgehead atoms. The molecule has 0 saturated heterocycles. The van der Waals surface area contributed by atoms with Crippen LogP contribution < -0.4 is 5.32 Å². The van der Waals surface area contributed by atoms with Gasteiger partial charge in [-0.1, -0.05) is 51.7 Å². The van der Waals surface area contributed by atoms with Crippen molar-refractivity contribution in [2.24, 2.45) is 5.92 Å². The third-order valence-electron chi connectivity index (χ3n) is 4.06. The Labute approximate surface area is 131 Å². The molecule has 1 aliphatic carbocycles. The van der Waals surface area contributed by atoms with Gasteiger partial charge in [-0.25, -0.2) is 0 Å². The summed E-state index contributed by atoms with van der Waals surface area (Å²) < 4.78 is 0. The number of nitrogens with one attached hydrogen (secondary N) is 1. The van der Waals surface area contributed by atoms with Crippen molar-refractivity contribution in [3.63, 3.8) is 0 Å². The third kappa shape index (κ3) is 5.79. The van der Waals surface area contributed by atoms with Gasteiger partial charge in [0.1, 0.15) is 0 Å². The summed E-state index contributed by atoms with van der Waals surface area (Å²) in [4.78, 5) is 0. The lowest BCUT2D eigenvalue weighted by Gasteiger charge is -2.20. The van der Waals surface area contributed by atoms with Gasteiger partial charge >= 0.3 is 0 Å². The number of hydrogen-bond donors (Lipinski definition) is 1. The highest BCUT2D eigenvalue weighted by atomic mass is 14.9. The van der Waals surface area contributed by atoms with E-state index in [1.807, 2.05) is 6.08 Å². The van der Waals surface area contributed by atoms with Crippen LogP contribution in [0.3, 0.4) is 0 Å². The van der Waals surface area contributed by atoms with Crippen molar-refractivity contribution >= 4 is 0 Å². The summed E-state index contributed by atoms with van der Waals surface area (Å²) in [5.74, 6) is 0.730. The Morgan fingerprint density at radius 1 is 1.24 bits per heavy atom. The average molecular weight is 285 g/mol. The lowest BCUT2D eigenvalue weighted by Crippen LogP contribution is -2.28. The normalized spacial score (nSPS) is 17.3. The molecule has 116 valence electrons. The van der Waals surface area contributed by atoms with Gasteiger partial charge in [0, 0.05) is 11.7 Å². The molecular weight excluding hydrogens is 254 g/mol.